The molecule has 6 nitrogen and oxygen atoms in total. The van der Waals surface area contributed by atoms with Crippen LogP contribution in [0.4, 0.5) is 4.79 Å². The van der Waals surface area contributed by atoms with Crippen LogP contribution in [0, 0.1) is 0 Å². The number of nitrogens with one attached hydrogen (secondary N) is 1. The van der Waals surface area contributed by atoms with Crippen molar-refractivity contribution < 1.29 is 14.4 Å². The van der Waals surface area contributed by atoms with Crippen molar-refractivity contribution in [2.24, 2.45) is 0 Å². The van der Waals surface area contributed by atoms with Crippen LogP contribution in [0.25, 0.3) is 0 Å². The van der Waals surface area contributed by atoms with E-state index in [9.17, 15) is 14.4 Å². The van der Waals surface area contributed by atoms with Crippen molar-refractivity contribution in [1.82, 2.24) is 15.3 Å². The molecule has 4 amide bonds. The number of urea groups is 1. The lowest BCUT2D eigenvalue weighted by molar-refractivity contribution is -0.147. The zero-order valence-corrected chi connectivity index (χ0v) is 12.0. The van der Waals surface area contributed by atoms with Gasteiger partial charge < -0.3 is 0 Å². The van der Waals surface area contributed by atoms with E-state index in [1.807, 2.05) is 0 Å². The molecule has 1 fully saturated rings. The topological polar surface area (TPSA) is 69.7 Å². The Morgan fingerprint density at radius 2 is 1.95 bits per heavy atom. The molecule has 0 saturated carbocycles. The summed E-state index contributed by atoms with van der Waals surface area (Å²) in [6.07, 6.45) is 0. The lowest BCUT2D eigenvalue weighted by Crippen LogP contribution is -2.60. The normalized spacial score (nSPS) is 19.9. The predicted octanol–water partition coefficient (Wildman–Crippen LogP) is 1.09. The first-order valence-corrected chi connectivity index (χ1v) is 6.32. The number of amides is 4. The van der Waals surface area contributed by atoms with Gasteiger partial charge in [-0.15, -0.1) is 0 Å². The molecule has 1 aromatic rings. The highest BCUT2D eigenvalue weighted by Crippen LogP contribution is 2.25. The Morgan fingerprint density at radius 3 is 2.53 bits per heavy atom. The third-order valence-electron chi connectivity index (χ3n) is 2.72. The fraction of sp³-hybridized carbons (Fsp3) is 0.250. The molecule has 0 aromatic heterocycles. The number of imide groups is 2. The van der Waals surface area contributed by atoms with Gasteiger partial charge in [-0.3, -0.25) is 14.9 Å². The minimum absolute atomic E-state index is 0.538. The summed E-state index contributed by atoms with van der Waals surface area (Å²) in [6, 6.07) is 6.16. The highest BCUT2D eigenvalue weighted by molar-refractivity contribution is 9.10. The third kappa shape index (κ3) is 2.52. The van der Waals surface area contributed by atoms with Gasteiger partial charge >= 0.3 is 6.03 Å². The Morgan fingerprint density at radius 1 is 1.26 bits per heavy atom. The van der Waals surface area contributed by atoms with Crippen molar-refractivity contribution in [3.05, 3.63) is 34.3 Å². The number of hydrogen-bond donors (Lipinski definition) is 1. The molecule has 0 spiro atoms. The number of hydrazine groups is 1. The van der Waals surface area contributed by atoms with Crippen molar-refractivity contribution in [1.29, 1.82) is 0 Å². The molecule has 1 unspecified atom stereocenters. The quantitative estimate of drug-likeness (QED) is 0.826. The average molecular weight is 326 g/mol. The number of benzene rings is 1. The fourth-order valence-electron chi connectivity index (χ4n) is 1.92. The van der Waals surface area contributed by atoms with Crippen molar-refractivity contribution in [2.75, 3.05) is 14.1 Å². The zero-order chi connectivity index (χ0) is 14.2. The van der Waals surface area contributed by atoms with E-state index in [1.54, 1.807) is 38.4 Å². The van der Waals surface area contributed by atoms with E-state index in [0.717, 1.165) is 9.48 Å². The fourth-order valence-corrected chi connectivity index (χ4v) is 2.34. The maximum absolute atomic E-state index is 12.3. The van der Waals surface area contributed by atoms with Crippen LogP contribution < -0.4 is 5.32 Å². The minimum atomic E-state index is -1.02. The van der Waals surface area contributed by atoms with Gasteiger partial charge in [0.05, 0.1) is 0 Å². The average Bonchev–Trinajstić information content (AvgIpc) is 2.27. The van der Waals surface area contributed by atoms with E-state index in [0.29, 0.717) is 5.56 Å². The number of carbonyl (C=O) groups is 3. The van der Waals surface area contributed by atoms with Gasteiger partial charge in [0.15, 0.2) is 0 Å². The summed E-state index contributed by atoms with van der Waals surface area (Å²) in [7, 11) is 3.12. The van der Waals surface area contributed by atoms with Gasteiger partial charge in [0, 0.05) is 18.6 Å². The highest BCUT2D eigenvalue weighted by Gasteiger charge is 2.42. The predicted molar refractivity (Wildman–Crippen MR) is 71.0 cm³/mol. The molecule has 0 radical (unpaired) electrons. The van der Waals surface area contributed by atoms with Gasteiger partial charge in [0.25, 0.3) is 5.91 Å². The monoisotopic (exact) mass is 325 g/mol. The molecule has 1 N–H and O–H groups in total. The molecule has 0 bridgehead atoms. The molecular formula is C12H12BrN3O3. The second kappa shape index (κ2) is 5.10. The third-order valence-corrected chi connectivity index (χ3v) is 3.22. The number of barbiturate groups is 1. The summed E-state index contributed by atoms with van der Waals surface area (Å²) in [4.78, 5) is 35.8. The molecule has 7 heteroatoms. The molecule has 1 saturated heterocycles. The molecule has 0 aliphatic carbocycles. The van der Waals surface area contributed by atoms with Gasteiger partial charge in [-0.2, -0.15) is 5.01 Å². The zero-order valence-electron chi connectivity index (χ0n) is 10.4. The van der Waals surface area contributed by atoms with Crippen molar-refractivity contribution in [3.63, 3.8) is 0 Å². The Kier molecular flexibility index (Phi) is 3.68. The highest BCUT2D eigenvalue weighted by atomic mass is 79.9. The van der Waals surface area contributed by atoms with Gasteiger partial charge in [-0.05, 0) is 17.7 Å². The number of hydrogen-bond acceptors (Lipinski definition) is 4. The smallest absolute Gasteiger partial charge is 0.275 e. The maximum atomic E-state index is 12.3. The molecule has 1 aliphatic heterocycles. The molecule has 1 heterocycles. The number of carbonyl (C=O) groups excluding carboxylic acids is 3. The maximum Gasteiger partial charge on any atom is 0.345 e. The second-order valence-corrected chi connectivity index (χ2v) is 5.20. The molecule has 1 aliphatic rings. The van der Waals surface area contributed by atoms with Gasteiger partial charge in [0.2, 0.25) is 5.91 Å². The summed E-state index contributed by atoms with van der Waals surface area (Å²) in [5.74, 6) is -2.18. The lowest BCUT2D eigenvalue weighted by atomic mass is 9.96. The van der Waals surface area contributed by atoms with Crippen LogP contribution in [0.3, 0.4) is 0 Å². The van der Waals surface area contributed by atoms with Crippen LogP contribution in [-0.4, -0.2) is 42.0 Å². The van der Waals surface area contributed by atoms with Gasteiger partial charge in [-0.1, -0.05) is 28.1 Å². The van der Waals surface area contributed by atoms with Crippen LogP contribution in [0.5, 0.6) is 0 Å². The van der Waals surface area contributed by atoms with Crippen molar-refractivity contribution in [2.45, 2.75) is 5.92 Å². The molecule has 19 heavy (non-hydrogen) atoms. The Hall–Kier alpha value is -1.73. The van der Waals surface area contributed by atoms with Crippen LogP contribution in [0.1, 0.15) is 11.5 Å². The van der Waals surface area contributed by atoms with Crippen LogP contribution in [0.15, 0.2) is 28.7 Å². The standard InChI is InChI=1S/C12H12BrN3O3/c1-15(2)16-11(18)9(10(17)14-12(16)19)7-4-3-5-8(13)6-7/h3-6,9H,1-2H3,(H,14,17,19). The van der Waals surface area contributed by atoms with E-state index in [2.05, 4.69) is 21.2 Å². The van der Waals surface area contributed by atoms with E-state index in [1.165, 1.54) is 5.01 Å². The summed E-state index contributed by atoms with van der Waals surface area (Å²) in [5, 5.41) is 4.43. The molecule has 1 atom stereocenters. The van der Waals surface area contributed by atoms with Crippen molar-refractivity contribution >= 4 is 33.8 Å². The summed E-state index contributed by atoms with van der Waals surface area (Å²) >= 11 is 3.29. The first kappa shape index (κ1) is 13.7. The molecular weight excluding hydrogens is 314 g/mol. The molecule has 2 rings (SSSR count). The van der Waals surface area contributed by atoms with Gasteiger partial charge in [0.1, 0.15) is 5.92 Å². The Balaban J connectivity index is 2.42. The number of nitrogens with zero attached hydrogens (tertiary/aromatic N) is 2. The summed E-state index contributed by atoms with van der Waals surface area (Å²) in [6.45, 7) is 0. The van der Waals surface area contributed by atoms with Crippen LogP contribution in [-0.2, 0) is 9.59 Å². The minimum Gasteiger partial charge on any atom is -0.275 e. The Labute approximate surface area is 118 Å². The van der Waals surface area contributed by atoms with E-state index >= 15 is 0 Å². The first-order valence-electron chi connectivity index (χ1n) is 5.53. The Bertz CT molecular complexity index is 559. The second-order valence-electron chi connectivity index (χ2n) is 4.28. The summed E-state index contributed by atoms with van der Waals surface area (Å²) < 4.78 is 0.763. The number of halogens is 1. The number of rotatable bonds is 2. The largest absolute Gasteiger partial charge is 0.345 e. The lowest BCUT2D eigenvalue weighted by Gasteiger charge is -2.33. The van der Waals surface area contributed by atoms with E-state index < -0.39 is 23.8 Å². The van der Waals surface area contributed by atoms with E-state index in [-0.39, 0.29) is 0 Å². The van der Waals surface area contributed by atoms with Crippen LogP contribution >= 0.6 is 15.9 Å². The first-order chi connectivity index (χ1) is 8.91. The van der Waals surface area contributed by atoms with Crippen molar-refractivity contribution in [3.8, 4) is 0 Å². The molecule has 100 valence electrons. The summed E-state index contributed by atoms with van der Waals surface area (Å²) in [5.41, 5.74) is 0.538. The van der Waals surface area contributed by atoms with E-state index in [4.69, 9.17) is 0 Å². The molecule has 1 aromatic carbocycles. The van der Waals surface area contributed by atoms with Gasteiger partial charge in [-0.25, -0.2) is 9.80 Å². The SMILES string of the molecule is CN(C)N1C(=O)NC(=O)C(c2cccc(Br)c2)C1=O. The van der Waals surface area contributed by atoms with Crippen LogP contribution in [0.2, 0.25) is 0 Å².